The van der Waals surface area contributed by atoms with Gasteiger partial charge in [0.2, 0.25) is 0 Å². The SMILES string of the molecule is COC(=O)C1=C(C)NC2=C(C(=O)CC(c3ccccc3Cl)C2)C1c1ccc(Br)cc1. The number of hydrogen-bond donors (Lipinski definition) is 1. The summed E-state index contributed by atoms with van der Waals surface area (Å²) in [7, 11) is 1.36. The van der Waals surface area contributed by atoms with E-state index in [-0.39, 0.29) is 11.7 Å². The molecule has 2 atom stereocenters. The second-order valence-corrected chi connectivity index (χ2v) is 8.90. The highest BCUT2D eigenvalue weighted by Gasteiger charge is 2.41. The Bertz CT molecular complexity index is 1090. The van der Waals surface area contributed by atoms with Gasteiger partial charge in [0, 0.05) is 38.8 Å². The third kappa shape index (κ3) is 3.72. The number of methoxy groups -OCH3 is 1. The van der Waals surface area contributed by atoms with Crippen LogP contribution in [0, 0.1) is 0 Å². The lowest BCUT2D eigenvalue weighted by atomic mass is 9.72. The summed E-state index contributed by atoms with van der Waals surface area (Å²) < 4.78 is 5.99. The number of rotatable bonds is 3. The molecule has 2 aromatic carbocycles. The minimum atomic E-state index is -0.457. The van der Waals surface area contributed by atoms with Gasteiger partial charge in [-0.15, -0.1) is 0 Å². The van der Waals surface area contributed by atoms with Crippen LogP contribution in [0.25, 0.3) is 0 Å². The molecule has 4 nitrogen and oxygen atoms in total. The number of esters is 1. The van der Waals surface area contributed by atoms with Crippen LogP contribution in [0.4, 0.5) is 0 Å². The third-order valence-corrected chi connectivity index (χ3v) is 6.65. The lowest BCUT2D eigenvalue weighted by Crippen LogP contribution is -2.36. The number of dihydropyridines is 1. The average molecular weight is 487 g/mol. The first-order valence-electron chi connectivity index (χ1n) is 9.73. The van der Waals surface area contributed by atoms with Gasteiger partial charge in [0.25, 0.3) is 0 Å². The molecule has 0 saturated carbocycles. The van der Waals surface area contributed by atoms with Crippen LogP contribution >= 0.6 is 27.5 Å². The lowest BCUT2D eigenvalue weighted by molar-refractivity contribution is -0.136. The van der Waals surface area contributed by atoms with Crippen LogP contribution in [0.3, 0.4) is 0 Å². The number of hydrogen-bond acceptors (Lipinski definition) is 4. The van der Waals surface area contributed by atoms with Crippen molar-refractivity contribution in [2.24, 2.45) is 0 Å². The maximum absolute atomic E-state index is 13.4. The summed E-state index contributed by atoms with van der Waals surface area (Å²) in [5, 5.41) is 4.00. The average Bonchev–Trinajstić information content (AvgIpc) is 2.73. The van der Waals surface area contributed by atoms with Crippen LogP contribution in [0.5, 0.6) is 0 Å². The molecule has 0 spiro atoms. The molecule has 0 saturated heterocycles. The number of carbonyl (C=O) groups excluding carboxylic acids is 2. The molecule has 2 aliphatic rings. The molecule has 30 heavy (non-hydrogen) atoms. The summed E-state index contributed by atoms with van der Waals surface area (Å²) >= 11 is 9.86. The number of benzene rings is 2. The summed E-state index contributed by atoms with van der Waals surface area (Å²) in [4.78, 5) is 26.1. The van der Waals surface area contributed by atoms with E-state index in [1.165, 1.54) is 7.11 Å². The van der Waals surface area contributed by atoms with E-state index in [1.807, 2.05) is 55.5 Å². The summed E-state index contributed by atoms with van der Waals surface area (Å²) in [5.41, 5.74) is 4.54. The van der Waals surface area contributed by atoms with E-state index in [2.05, 4.69) is 21.2 Å². The van der Waals surface area contributed by atoms with Crippen molar-refractivity contribution in [3.05, 3.63) is 91.7 Å². The normalized spacial score (nSPS) is 21.3. The standard InChI is InChI=1S/C24H21BrClNO3/c1-13-21(24(29)30-2)22(14-7-9-16(25)10-8-14)23-19(27-13)11-15(12-20(23)28)17-5-3-4-6-18(17)26/h3-10,15,22,27H,11-12H2,1-2H3. The van der Waals surface area contributed by atoms with Crippen molar-refractivity contribution in [1.29, 1.82) is 0 Å². The fourth-order valence-corrected chi connectivity index (χ4v) is 4.99. The number of ether oxygens (including phenoxy) is 1. The van der Waals surface area contributed by atoms with Gasteiger partial charge in [-0.05, 0) is 48.6 Å². The van der Waals surface area contributed by atoms with Crippen molar-refractivity contribution >= 4 is 39.3 Å². The Morgan fingerprint density at radius 1 is 1.13 bits per heavy atom. The highest BCUT2D eigenvalue weighted by molar-refractivity contribution is 9.10. The molecule has 1 aliphatic carbocycles. The summed E-state index contributed by atoms with van der Waals surface area (Å²) in [6, 6.07) is 15.4. The van der Waals surface area contributed by atoms with Gasteiger partial charge in [-0.2, -0.15) is 0 Å². The Morgan fingerprint density at radius 2 is 1.83 bits per heavy atom. The Kier molecular flexibility index (Phi) is 5.85. The number of halogens is 2. The topological polar surface area (TPSA) is 55.4 Å². The molecule has 2 aromatic rings. The monoisotopic (exact) mass is 485 g/mol. The van der Waals surface area contributed by atoms with Crippen LogP contribution in [0.1, 0.15) is 42.7 Å². The molecule has 0 radical (unpaired) electrons. The molecule has 1 N–H and O–H groups in total. The predicted octanol–water partition coefficient (Wildman–Crippen LogP) is 5.64. The molecule has 2 unspecified atom stereocenters. The van der Waals surface area contributed by atoms with Gasteiger partial charge >= 0.3 is 5.97 Å². The van der Waals surface area contributed by atoms with E-state index in [9.17, 15) is 9.59 Å². The van der Waals surface area contributed by atoms with E-state index in [4.69, 9.17) is 16.3 Å². The maximum atomic E-state index is 13.4. The zero-order valence-corrected chi connectivity index (χ0v) is 19.0. The van der Waals surface area contributed by atoms with E-state index < -0.39 is 11.9 Å². The number of allylic oxidation sites excluding steroid dienone is 3. The third-order valence-electron chi connectivity index (χ3n) is 5.78. The molecule has 0 aromatic heterocycles. The van der Waals surface area contributed by atoms with Crippen molar-refractivity contribution < 1.29 is 14.3 Å². The Hall–Kier alpha value is -2.37. The fourth-order valence-electron chi connectivity index (χ4n) is 4.43. The van der Waals surface area contributed by atoms with Crippen molar-refractivity contribution in [3.63, 3.8) is 0 Å². The largest absolute Gasteiger partial charge is 0.466 e. The second kappa shape index (κ2) is 8.40. The van der Waals surface area contributed by atoms with Gasteiger partial charge in [0.1, 0.15) is 0 Å². The van der Waals surface area contributed by atoms with Crippen LogP contribution in [-0.4, -0.2) is 18.9 Å². The maximum Gasteiger partial charge on any atom is 0.336 e. The van der Waals surface area contributed by atoms with Gasteiger partial charge < -0.3 is 10.1 Å². The first-order chi connectivity index (χ1) is 14.4. The Morgan fingerprint density at radius 3 is 2.50 bits per heavy atom. The zero-order valence-electron chi connectivity index (χ0n) is 16.7. The van der Waals surface area contributed by atoms with Crippen molar-refractivity contribution in [3.8, 4) is 0 Å². The van der Waals surface area contributed by atoms with Gasteiger partial charge in [0.15, 0.2) is 5.78 Å². The summed E-state index contributed by atoms with van der Waals surface area (Å²) in [5.74, 6) is -0.868. The van der Waals surface area contributed by atoms with Gasteiger partial charge in [-0.25, -0.2) is 4.79 Å². The quantitative estimate of drug-likeness (QED) is 0.571. The minimum absolute atomic E-state index is 0.00417. The van der Waals surface area contributed by atoms with Gasteiger partial charge in [-0.3, -0.25) is 4.79 Å². The molecule has 1 heterocycles. The molecule has 0 bridgehead atoms. The van der Waals surface area contributed by atoms with Crippen molar-refractivity contribution in [2.75, 3.05) is 7.11 Å². The van der Waals surface area contributed by atoms with Crippen molar-refractivity contribution in [2.45, 2.75) is 31.6 Å². The summed E-state index contributed by atoms with van der Waals surface area (Å²) in [6.45, 7) is 1.85. The number of Topliss-reactive ketones (excluding diaryl/α,β-unsaturated/α-hetero) is 1. The van der Waals surface area contributed by atoms with Crippen LogP contribution in [-0.2, 0) is 14.3 Å². The second-order valence-electron chi connectivity index (χ2n) is 7.58. The molecular weight excluding hydrogens is 466 g/mol. The van der Waals surface area contributed by atoms with Crippen LogP contribution in [0.15, 0.2) is 75.5 Å². The molecular formula is C24H21BrClNO3. The first kappa shape index (κ1) is 20.9. The number of nitrogens with one attached hydrogen (secondary N) is 1. The van der Waals surface area contributed by atoms with Crippen molar-refractivity contribution in [1.82, 2.24) is 5.32 Å². The fraction of sp³-hybridized carbons (Fsp3) is 0.250. The Labute approximate surface area is 189 Å². The molecule has 1 aliphatic heterocycles. The Balaban J connectivity index is 1.82. The highest BCUT2D eigenvalue weighted by Crippen LogP contribution is 2.46. The molecule has 0 fully saturated rings. The first-order valence-corrected chi connectivity index (χ1v) is 10.9. The van der Waals surface area contributed by atoms with E-state index in [0.717, 1.165) is 21.3 Å². The molecule has 6 heteroatoms. The molecule has 4 rings (SSSR count). The van der Waals surface area contributed by atoms with Crippen LogP contribution in [0.2, 0.25) is 5.02 Å². The number of ketones is 1. The van der Waals surface area contributed by atoms with Gasteiger partial charge in [0.05, 0.1) is 12.7 Å². The summed E-state index contributed by atoms with van der Waals surface area (Å²) in [6.07, 6.45) is 1.01. The number of carbonyl (C=O) groups is 2. The van der Waals surface area contributed by atoms with E-state index >= 15 is 0 Å². The minimum Gasteiger partial charge on any atom is -0.466 e. The van der Waals surface area contributed by atoms with E-state index in [0.29, 0.717) is 34.7 Å². The van der Waals surface area contributed by atoms with Crippen LogP contribution < -0.4 is 5.32 Å². The smallest absolute Gasteiger partial charge is 0.336 e. The highest BCUT2D eigenvalue weighted by atomic mass is 79.9. The molecule has 0 amide bonds. The lowest BCUT2D eigenvalue weighted by Gasteiger charge is -2.36. The van der Waals surface area contributed by atoms with Gasteiger partial charge in [-0.1, -0.05) is 57.9 Å². The zero-order chi connectivity index (χ0) is 21.4. The predicted molar refractivity (Wildman–Crippen MR) is 120 cm³/mol. The van der Waals surface area contributed by atoms with E-state index in [1.54, 1.807) is 0 Å². The molecule has 154 valence electrons.